The third-order valence-corrected chi connectivity index (χ3v) is 10.2. The number of aromatic amines is 1. The summed E-state index contributed by atoms with van der Waals surface area (Å²) in [6, 6.07) is 34.4. The van der Waals surface area contributed by atoms with Crippen LogP contribution in [0.1, 0.15) is 44.7 Å². The number of ether oxygens (including phenoxy) is 1. The number of rotatable bonds is 11. The molecule has 1 aliphatic rings. The highest BCUT2D eigenvalue weighted by atomic mass is 79.9. The minimum absolute atomic E-state index is 0.119. The normalized spacial score (nSPS) is 12.0. The van der Waals surface area contributed by atoms with Gasteiger partial charge in [-0.25, -0.2) is 24.9 Å². The Morgan fingerprint density at radius 1 is 0.672 bits per heavy atom. The lowest BCUT2D eigenvalue weighted by Gasteiger charge is -2.16. The standard InChI is InChI=1S/C25H19N3O2.C22H15N3O2.C3H5Br/c1-2-14-30-25-24(22(29)13-12-18-15-26-17-27-16-18)23(19-8-4-3-5-9-19)20-10-6-7-11-21(20)28-25;26-19(11-10-15-12-23-14-24-13-15)21-20(16-6-2-1-3-7-16)17-8-4-5-9-18(17)25-22(21)27;4-3-1-2-3/h2-13,15-17H,1,14H2;1-14H,(H,25,27);3H,1-2H2/b13-12+;11-10+;. The minimum Gasteiger partial charge on any atom is -0.473 e. The van der Waals surface area contributed by atoms with Gasteiger partial charge in [-0.2, -0.15) is 0 Å². The van der Waals surface area contributed by atoms with Crippen LogP contribution in [0.4, 0.5) is 0 Å². The fourth-order valence-electron chi connectivity index (χ4n) is 6.31. The number of nitrogens with one attached hydrogen (secondary N) is 1. The summed E-state index contributed by atoms with van der Waals surface area (Å²) >= 11 is 3.38. The number of carbonyl (C=O) groups is 2. The highest BCUT2D eigenvalue weighted by Gasteiger charge is 2.23. The maximum atomic E-state index is 13.4. The molecule has 10 nitrogen and oxygen atoms in total. The van der Waals surface area contributed by atoms with E-state index in [0.29, 0.717) is 22.2 Å². The van der Waals surface area contributed by atoms with E-state index in [4.69, 9.17) is 4.74 Å². The molecule has 0 saturated heterocycles. The fraction of sp³-hybridized carbons (Fsp3) is 0.0800. The second-order valence-electron chi connectivity index (χ2n) is 13.7. The number of carbonyl (C=O) groups excluding carboxylic acids is 2. The number of halogens is 1. The average Bonchev–Trinajstić information content (AvgIpc) is 4.11. The summed E-state index contributed by atoms with van der Waals surface area (Å²) in [5.41, 5.74) is 6.14. The second-order valence-corrected chi connectivity index (χ2v) is 15.0. The van der Waals surface area contributed by atoms with Gasteiger partial charge in [0.05, 0.1) is 16.6 Å². The van der Waals surface area contributed by atoms with Gasteiger partial charge in [-0.1, -0.05) is 126 Å². The molecule has 4 heterocycles. The molecule has 4 aromatic heterocycles. The Morgan fingerprint density at radius 2 is 1.15 bits per heavy atom. The van der Waals surface area contributed by atoms with Crippen molar-refractivity contribution in [1.29, 1.82) is 0 Å². The van der Waals surface area contributed by atoms with Crippen molar-refractivity contribution in [2.75, 3.05) is 6.61 Å². The van der Waals surface area contributed by atoms with Crippen molar-refractivity contribution >= 4 is 61.5 Å². The molecule has 1 aliphatic carbocycles. The lowest BCUT2D eigenvalue weighted by molar-refractivity contribution is 0.103. The summed E-state index contributed by atoms with van der Waals surface area (Å²) in [7, 11) is 0. The number of fused-ring (bicyclic) bond motifs is 2. The van der Waals surface area contributed by atoms with Crippen molar-refractivity contribution in [3.63, 3.8) is 0 Å². The van der Waals surface area contributed by atoms with Gasteiger partial charge in [-0.3, -0.25) is 14.4 Å². The molecule has 0 radical (unpaired) electrons. The van der Waals surface area contributed by atoms with E-state index in [1.165, 1.54) is 37.6 Å². The highest BCUT2D eigenvalue weighted by Crippen LogP contribution is 2.37. The first-order chi connectivity index (χ1) is 29.9. The molecule has 4 aromatic carbocycles. The number of nitrogens with zero attached hydrogens (tertiary/aromatic N) is 5. The largest absolute Gasteiger partial charge is 0.473 e. The number of hydrogen-bond donors (Lipinski definition) is 1. The van der Waals surface area contributed by atoms with Gasteiger partial charge < -0.3 is 9.72 Å². The number of pyridine rings is 2. The Bertz CT molecular complexity index is 2900. The number of hydrogen-bond acceptors (Lipinski definition) is 9. The van der Waals surface area contributed by atoms with Crippen molar-refractivity contribution in [1.82, 2.24) is 29.9 Å². The van der Waals surface area contributed by atoms with Gasteiger partial charge in [-0.15, -0.1) is 0 Å². The number of allylic oxidation sites excluding steroid dienone is 2. The maximum absolute atomic E-state index is 13.4. The molecule has 61 heavy (non-hydrogen) atoms. The summed E-state index contributed by atoms with van der Waals surface area (Å²) in [5, 5.41) is 1.71. The summed E-state index contributed by atoms with van der Waals surface area (Å²) in [6.07, 6.45) is 19.9. The average molecular weight is 868 g/mol. The van der Waals surface area contributed by atoms with Gasteiger partial charge in [0, 0.05) is 68.2 Å². The lowest BCUT2D eigenvalue weighted by atomic mass is 9.93. The summed E-state index contributed by atoms with van der Waals surface area (Å²) in [5.74, 6) is -0.300. The number of alkyl halides is 1. The van der Waals surface area contributed by atoms with Gasteiger partial charge in [0.15, 0.2) is 11.6 Å². The van der Waals surface area contributed by atoms with E-state index < -0.39 is 5.56 Å². The van der Waals surface area contributed by atoms with Crippen molar-refractivity contribution in [3.8, 4) is 28.1 Å². The molecule has 9 rings (SSSR count). The molecule has 0 unspecified atom stereocenters. The van der Waals surface area contributed by atoms with Crippen molar-refractivity contribution < 1.29 is 14.3 Å². The van der Waals surface area contributed by atoms with Gasteiger partial charge in [-0.05, 0) is 60.4 Å². The minimum atomic E-state index is -0.411. The van der Waals surface area contributed by atoms with Crippen LogP contribution >= 0.6 is 15.9 Å². The van der Waals surface area contributed by atoms with Crippen molar-refractivity contribution in [2.24, 2.45) is 0 Å². The quantitative estimate of drug-likeness (QED) is 0.0582. The molecule has 0 bridgehead atoms. The number of H-pyrrole nitrogens is 1. The molecule has 0 amide bonds. The molecule has 8 aromatic rings. The van der Waals surface area contributed by atoms with Crippen LogP contribution < -0.4 is 10.3 Å². The summed E-state index contributed by atoms with van der Waals surface area (Å²) in [6.45, 7) is 3.95. The first kappa shape index (κ1) is 41.7. The summed E-state index contributed by atoms with van der Waals surface area (Å²) < 4.78 is 5.82. The van der Waals surface area contributed by atoms with Crippen LogP contribution in [0.25, 0.3) is 56.2 Å². The molecule has 1 N–H and O–H groups in total. The van der Waals surface area contributed by atoms with Gasteiger partial charge in [0.1, 0.15) is 19.3 Å². The zero-order valence-electron chi connectivity index (χ0n) is 32.9. The van der Waals surface area contributed by atoms with E-state index in [2.05, 4.69) is 52.4 Å². The Balaban J connectivity index is 0.000000169. The zero-order chi connectivity index (χ0) is 42.4. The lowest BCUT2D eigenvalue weighted by Crippen LogP contribution is -2.18. The SMILES string of the molecule is BrC1CC1.C=CCOc1nc2ccccc2c(-c2ccccc2)c1C(=O)/C=C/c1cncnc1.O=C(/C=C/c1cncnc1)c1c(-c2ccccc2)c2ccccc2[nH]c1=O. The fourth-order valence-corrected chi connectivity index (χ4v) is 6.58. The molecule has 0 spiro atoms. The second kappa shape index (κ2) is 20.5. The van der Waals surface area contributed by atoms with Crippen LogP contribution in [0.2, 0.25) is 0 Å². The van der Waals surface area contributed by atoms with E-state index in [-0.39, 0.29) is 29.6 Å². The van der Waals surface area contributed by atoms with Crippen LogP contribution in [-0.4, -0.2) is 52.9 Å². The molecule has 11 heteroatoms. The third-order valence-electron chi connectivity index (χ3n) is 9.26. The summed E-state index contributed by atoms with van der Waals surface area (Å²) in [4.78, 5) is 63.2. The number of benzene rings is 4. The Labute approximate surface area is 360 Å². The molecular formula is C50H39BrN6O4. The van der Waals surface area contributed by atoms with Gasteiger partial charge in [0.2, 0.25) is 5.88 Å². The highest BCUT2D eigenvalue weighted by molar-refractivity contribution is 9.09. The molecule has 1 saturated carbocycles. The Morgan fingerprint density at radius 3 is 1.69 bits per heavy atom. The maximum Gasteiger partial charge on any atom is 0.260 e. The predicted molar refractivity (Wildman–Crippen MR) is 246 cm³/mol. The molecule has 0 aliphatic heterocycles. The van der Waals surface area contributed by atoms with E-state index in [9.17, 15) is 14.4 Å². The van der Waals surface area contributed by atoms with E-state index in [1.54, 1.807) is 43.0 Å². The molecule has 300 valence electrons. The molecule has 0 atom stereocenters. The smallest absolute Gasteiger partial charge is 0.260 e. The number of ketones is 2. The monoisotopic (exact) mass is 866 g/mol. The topological polar surface area (TPSA) is 141 Å². The van der Waals surface area contributed by atoms with Crippen LogP contribution in [0.15, 0.2) is 176 Å². The van der Waals surface area contributed by atoms with E-state index in [0.717, 1.165) is 43.4 Å². The van der Waals surface area contributed by atoms with Gasteiger partial charge in [0.25, 0.3) is 5.56 Å². The van der Waals surface area contributed by atoms with Crippen LogP contribution in [0.3, 0.4) is 0 Å². The zero-order valence-corrected chi connectivity index (χ0v) is 34.5. The van der Waals surface area contributed by atoms with Crippen LogP contribution in [0.5, 0.6) is 5.88 Å². The number of aromatic nitrogens is 6. The van der Waals surface area contributed by atoms with E-state index in [1.807, 2.05) is 109 Å². The van der Waals surface area contributed by atoms with Crippen molar-refractivity contribution in [2.45, 2.75) is 17.7 Å². The predicted octanol–water partition coefficient (Wildman–Crippen LogP) is 10.6. The van der Waals surface area contributed by atoms with E-state index >= 15 is 0 Å². The number of para-hydroxylation sites is 2. The first-order valence-corrected chi connectivity index (χ1v) is 20.3. The van der Waals surface area contributed by atoms with Crippen LogP contribution in [-0.2, 0) is 0 Å². The Hall–Kier alpha value is -7.50. The van der Waals surface area contributed by atoms with Gasteiger partial charge >= 0.3 is 0 Å². The third kappa shape index (κ3) is 10.8. The van der Waals surface area contributed by atoms with Crippen LogP contribution in [0, 0.1) is 0 Å². The Kier molecular flexibility index (Phi) is 14.0. The van der Waals surface area contributed by atoms with Crippen molar-refractivity contribution in [3.05, 3.63) is 204 Å². The first-order valence-electron chi connectivity index (χ1n) is 19.4. The molecule has 1 fully saturated rings. The molecular weight excluding hydrogens is 828 g/mol.